The van der Waals surface area contributed by atoms with E-state index in [1.54, 1.807) is 4.68 Å². The second kappa shape index (κ2) is 11.1. The minimum Gasteiger partial charge on any atom is -0.492 e. The predicted molar refractivity (Wildman–Crippen MR) is 120 cm³/mol. The molecule has 150 valence electrons. The molecular weight excluding hydrogens is 455 g/mol. The molecule has 0 amide bonds. The summed E-state index contributed by atoms with van der Waals surface area (Å²) in [5, 5.41) is 10.5. The summed E-state index contributed by atoms with van der Waals surface area (Å²) in [5.41, 5.74) is 1.45. The summed E-state index contributed by atoms with van der Waals surface area (Å²) in [5.74, 6) is 2.43. The number of guanidine groups is 1. The summed E-state index contributed by atoms with van der Waals surface area (Å²) in [6.07, 6.45) is 1.53. The SMILES string of the molecule is CCNC(=NCc1ncnn1C)NCCOc1ccc(C(C)(C)C)cc1.I. The zero-order valence-corrected chi connectivity index (χ0v) is 19.2. The van der Waals surface area contributed by atoms with Crippen molar-refractivity contribution in [3.05, 3.63) is 42.0 Å². The molecule has 27 heavy (non-hydrogen) atoms. The molecule has 1 aromatic carbocycles. The number of aromatic nitrogens is 3. The lowest BCUT2D eigenvalue weighted by atomic mass is 9.87. The Morgan fingerprint density at radius 1 is 1.19 bits per heavy atom. The number of benzene rings is 1. The average molecular weight is 486 g/mol. The molecule has 0 spiro atoms. The van der Waals surface area contributed by atoms with E-state index in [0.29, 0.717) is 19.7 Å². The third-order valence-corrected chi connectivity index (χ3v) is 3.91. The monoisotopic (exact) mass is 486 g/mol. The van der Waals surface area contributed by atoms with E-state index < -0.39 is 0 Å². The first-order valence-corrected chi connectivity index (χ1v) is 8.98. The highest BCUT2D eigenvalue weighted by molar-refractivity contribution is 14.0. The van der Waals surface area contributed by atoms with Crippen molar-refractivity contribution in [1.29, 1.82) is 0 Å². The van der Waals surface area contributed by atoms with Crippen molar-refractivity contribution >= 4 is 29.9 Å². The molecule has 0 saturated heterocycles. The largest absolute Gasteiger partial charge is 0.492 e. The van der Waals surface area contributed by atoms with Crippen molar-refractivity contribution in [2.75, 3.05) is 19.7 Å². The number of hydrogen-bond acceptors (Lipinski definition) is 4. The van der Waals surface area contributed by atoms with E-state index in [1.165, 1.54) is 11.9 Å². The van der Waals surface area contributed by atoms with Crippen LogP contribution >= 0.6 is 24.0 Å². The molecule has 0 aliphatic carbocycles. The third kappa shape index (κ3) is 7.74. The fourth-order valence-corrected chi connectivity index (χ4v) is 2.34. The first kappa shape index (κ1) is 23.2. The van der Waals surface area contributed by atoms with Gasteiger partial charge in [-0.1, -0.05) is 32.9 Å². The van der Waals surface area contributed by atoms with E-state index in [1.807, 2.05) is 26.1 Å². The van der Waals surface area contributed by atoms with Crippen LogP contribution in [0.5, 0.6) is 5.75 Å². The zero-order valence-electron chi connectivity index (χ0n) is 16.8. The molecule has 2 N–H and O–H groups in total. The Balaban J connectivity index is 0.00000364. The molecule has 0 aliphatic rings. The van der Waals surface area contributed by atoms with Crippen LogP contribution < -0.4 is 15.4 Å². The van der Waals surface area contributed by atoms with Crippen LogP contribution in [0, 0.1) is 0 Å². The molecule has 0 fully saturated rings. The molecule has 0 aliphatic heterocycles. The first-order valence-electron chi connectivity index (χ1n) is 8.98. The number of rotatable bonds is 7. The second-order valence-corrected chi connectivity index (χ2v) is 7.04. The predicted octanol–water partition coefficient (Wildman–Crippen LogP) is 2.86. The van der Waals surface area contributed by atoms with Crippen molar-refractivity contribution in [3.63, 3.8) is 0 Å². The van der Waals surface area contributed by atoms with Gasteiger partial charge in [0.2, 0.25) is 0 Å². The molecule has 0 radical (unpaired) electrons. The number of ether oxygens (including phenoxy) is 1. The summed E-state index contributed by atoms with van der Waals surface area (Å²) in [6, 6.07) is 8.28. The van der Waals surface area contributed by atoms with E-state index >= 15 is 0 Å². The number of halogens is 1. The maximum atomic E-state index is 5.80. The first-order chi connectivity index (χ1) is 12.4. The van der Waals surface area contributed by atoms with Gasteiger partial charge in [-0.2, -0.15) is 5.10 Å². The molecule has 2 aromatic rings. The van der Waals surface area contributed by atoms with Crippen LogP contribution in [0.25, 0.3) is 0 Å². The molecular formula is C19H31IN6O. The van der Waals surface area contributed by atoms with Gasteiger partial charge in [-0.3, -0.25) is 4.68 Å². The van der Waals surface area contributed by atoms with Crippen LogP contribution in [-0.4, -0.2) is 40.4 Å². The Hall–Kier alpha value is -1.84. The molecule has 1 heterocycles. The Bertz CT molecular complexity index is 706. The molecule has 0 bridgehead atoms. The van der Waals surface area contributed by atoms with Gasteiger partial charge in [-0.15, -0.1) is 24.0 Å². The summed E-state index contributed by atoms with van der Waals surface area (Å²) >= 11 is 0. The minimum atomic E-state index is 0. The zero-order chi connectivity index (χ0) is 19.0. The van der Waals surface area contributed by atoms with Crippen LogP contribution in [0.1, 0.15) is 39.1 Å². The van der Waals surface area contributed by atoms with Gasteiger partial charge in [0.25, 0.3) is 0 Å². The fourth-order valence-electron chi connectivity index (χ4n) is 2.34. The third-order valence-electron chi connectivity index (χ3n) is 3.91. The second-order valence-electron chi connectivity index (χ2n) is 7.04. The van der Waals surface area contributed by atoms with Crippen LogP contribution in [0.15, 0.2) is 35.6 Å². The Kier molecular flexibility index (Phi) is 9.54. The highest BCUT2D eigenvalue weighted by Gasteiger charge is 2.12. The van der Waals surface area contributed by atoms with E-state index in [-0.39, 0.29) is 29.4 Å². The quantitative estimate of drug-likeness (QED) is 0.273. The summed E-state index contributed by atoms with van der Waals surface area (Å²) in [7, 11) is 1.86. The summed E-state index contributed by atoms with van der Waals surface area (Å²) in [4.78, 5) is 8.69. The molecule has 7 nitrogen and oxygen atoms in total. The van der Waals surface area contributed by atoms with Crippen molar-refractivity contribution in [1.82, 2.24) is 25.4 Å². The van der Waals surface area contributed by atoms with Crippen molar-refractivity contribution in [2.45, 2.75) is 39.7 Å². The Labute approximate surface area is 179 Å². The Morgan fingerprint density at radius 2 is 1.89 bits per heavy atom. The van der Waals surface area contributed by atoms with Crippen LogP contribution in [0.2, 0.25) is 0 Å². The molecule has 0 saturated carbocycles. The molecule has 8 heteroatoms. The van der Waals surface area contributed by atoms with Gasteiger partial charge in [-0.05, 0) is 30.0 Å². The number of hydrogen-bond donors (Lipinski definition) is 2. The summed E-state index contributed by atoms with van der Waals surface area (Å²) in [6.45, 7) is 11.1. The van der Waals surface area contributed by atoms with Gasteiger partial charge < -0.3 is 15.4 Å². The highest BCUT2D eigenvalue weighted by atomic mass is 127. The van der Waals surface area contributed by atoms with Gasteiger partial charge in [0.05, 0.1) is 6.54 Å². The lowest BCUT2D eigenvalue weighted by molar-refractivity contribution is 0.321. The van der Waals surface area contributed by atoms with Crippen LogP contribution in [0.3, 0.4) is 0 Å². The van der Waals surface area contributed by atoms with E-state index in [0.717, 1.165) is 24.1 Å². The Morgan fingerprint density at radius 3 is 2.44 bits per heavy atom. The lowest BCUT2D eigenvalue weighted by Crippen LogP contribution is -2.39. The van der Waals surface area contributed by atoms with Crippen molar-refractivity contribution < 1.29 is 4.74 Å². The molecule has 1 aromatic heterocycles. The lowest BCUT2D eigenvalue weighted by Gasteiger charge is -2.19. The van der Waals surface area contributed by atoms with Gasteiger partial charge in [0, 0.05) is 13.6 Å². The molecule has 0 unspecified atom stereocenters. The topological polar surface area (TPSA) is 76.4 Å². The number of aliphatic imine (C=N–C) groups is 1. The highest BCUT2D eigenvalue weighted by Crippen LogP contribution is 2.24. The smallest absolute Gasteiger partial charge is 0.191 e. The van der Waals surface area contributed by atoms with Crippen LogP contribution in [-0.2, 0) is 19.0 Å². The van der Waals surface area contributed by atoms with Gasteiger partial charge in [0.15, 0.2) is 5.96 Å². The number of nitrogens with zero attached hydrogens (tertiary/aromatic N) is 4. The van der Waals surface area contributed by atoms with E-state index in [4.69, 9.17) is 4.74 Å². The number of aryl methyl sites for hydroxylation is 1. The van der Waals surface area contributed by atoms with E-state index in [9.17, 15) is 0 Å². The summed E-state index contributed by atoms with van der Waals surface area (Å²) < 4.78 is 7.52. The van der Waals surface area contributed by atoms with Gasteiger partial charge in [0.1, 0.15) is 31.1 Å². The number of nitrogens with one attached hydrogen (secondary N) is 2. The maximum absolute atomic E-state index is 5.80. The van der Waals surface area contributed by atoms with Gasteiger partial charge in [-0.25, -0.2) is 9.98 Å². The fraction of sp³-hybridized carbons (Fsp3) is 0.526. The molecule has 0 atom stereocenters. The molecule has 2 rings (SSSR count). The standard InChI is InChI=1S/C19H30N6O.HI/c1-6-20-18(22-13-17-23-14-24-25(17)5)21-11-12-26-16-9-7-15(8-10-16)19(2,3)4;/h7-10,14H,6,11-13H2,1-5H3,(H2,20,21,22);1H. The maximum Gasteiger partial charge on any atom is 0.191 e. The van der Waals surface area contributed by atoms with Crippen LogP contribution in [0.4, 0.5) is 0 Å². The van der Waals surface area contributed by atoms with Crippen molar-refractivity contribution in [3.8, 4) is 5.75 Å². The minimum absolute atomic E-state index is 0. The average Bonchev–Trinajstić information content (AvgIpc) is 3.01. The van der Waals surface area contributed by atoms with Gasteiger partial charge >= 0.3 is 0 Å². The normalized spacial score (nSPS) is 11.7. The van der Waals surface area contributed by atoms with E-state index in [2.05, 4.69) is 58.6 Å². The van der Waals surface area contributed by atoms with Crippen molar-refractivity contribution in [2.24, 2.45) is 12.0 Å².